The zero-order valence-electron chi connectivity index (χ0n) is 18.2. The molecule has 0 aliphatic carbocycles. The van der Waals surface area contributed by atoms with Crippen molar-refractivity contribution in [1.29, 1.82) is 0 Å². The van der Waals surface area contributed by atoms with E-state index in [1.807, 2.05) is 4.90 Å². The van der Waals surface area contributed by atoms with E-state index in [0.717, 1.165) is 45.0 Å². The molecule has 5 heteroatoms. The Hall–Kier alpha value is -2.69. The van der Waals surface area contributed by atoms with Gasteiger partial charge in [-0.25, -0.2) is 0 Å². The Labute approximate surface area is 175 Å². The van der Waals surface area contributed by atoms with Gasteiger partial charge in [-0.2, -0.15) is 0 Å². The van der Waals surface area contributed by atoms with Crippen molar-refractivity contribution < 1.29 is 4.79 Å². The van der Waals surface area contributed by atoms with Crippen molar-refractivity contribution in [1.82, 2.24) is 4.90 Å². The quantitative estimate of drug-likeness (QED) is 0.773. The molecule has 1 aliphatic rings. The van der Waals surface area contributed by atoms with Gasteiger partial charge in [0.05, 0.1) is 6.54 Å². The number of nitrogens with one attached hydrogen (secondary N) is 1. The summed E-state index contributed by atoms with van der Waals surface area (Å²) in [7, 11) is 0. The van der Waals surface area contributed by atoms with Gasteiger partial charge in [-0.1, -0.05) is 12.1 Å². The fraction of sp³-hybridized carbons (Fsp3) is 0.458. The van der Waals surface area contributed by atoms with Crippen LogP contribution in [0.3, 0.4) is 0 Å². The summed E-state index contributed by atoms with van der Waals surface area (Å²) in [6.07, 6.45) is 0. The SMILES string of the molecule is CCN(CC)c1ccc(NCC(=O)N2CCN(c3cccc(C)c3C)CC2)cc1. The average molecular weight is 395 g/mol. The van der Waals surface area contributed by atoms with Gasteiger partial charge >= 0.3 is 0 Å². The van der Waals surface area contributed by atoms with Crippen LogP contribution in [0.1, 0.15) is 25.0 Å². The highest BCUT2D eigenvalue weighted by atomic mass is 16.2. The maximum Gasteiger partial charge on any atom is 0.241 e. The third-order valence-electron chi connectivity index (χ3n) is 5.99. The van der Waals surface area contributed by atoms with Crippen molar-refractivity contribution in [2.45, 2.75) is 27.7 Å². The summed E-state index contributed by atoms with van der Waals surface area (Å²) in [5, 5.41) is 3.28. The summed E-state index contributed by atoms with van der Waals surface area (Å²) >= 11 is 0. The maximum absolute atomic E-state index is 12.6. The van der Waals surface area contributed by atoms with E-state index in [1.165, 1.54) is 22.5 Å². The fourth-order valence-corrected chi connectivity index (χ4v) is 3.94. The average Bonchev–Trinajstić information content (AvgIpc) is 2.76. The van der Waals surface area contributed by atoms with Crippen molar-refractivity contribution in [2.75, 3.05) is 60.9 Å². The lowest BCUT2D eigenvalue weighted by Crippen LogP contribution is -2.50. The van der Waals surface area contributed by atoms with Gasteiger partial charge in [0, 0.05) is 56.3 Å². The molecule has 1 aliphatic heterocycles. The van der Waals surface area contributed by atoms with Gasteiger partial charge in [-0.15, -0.1) is 0 Å². The Bertz CT molecular complexity index is 806. The molecule has 1 N–H and O–H groups in total. The number of anilines is 3. The monoisotopic (exact) mass is 394 g/mol. The van der Waals surface area contributed by atoms with Crippen LogP contribution in [0.2, 0.25) is 0 Å². The van der Waals surface area contributed by atoms with Crippen LogP contribution in [0.25, 0.3) is 0 Å². The summed E-state index contributed by atoms with van der Waals surface area (Å²) in [5.41, 5.74) is 6.15. The summed E-state index contributed by atoms with van der Waals surface area (Å²) in [6.45, 7) is 14.3. The van der Waals surface area contributed by atoms with Gasteiger partial charge in [-0.3, -0.25) is 4.79 Å². The number of carbonyl (C=O) groups is 1. The van der Waals surface area contributed by atoms with E-state index < -0.39 is 0 Å². The van der Waals surface area contributed by atoms with Crippen LogP contribution in [0, 0.1) is 13.8 Å². The second-order valence-electron chi connectivity index (χ2n) is 7.66. The minimum atomic E-state index is 0.165. The number of rotatable bonds is 7. The summed E-state index contributed by atoms with van der Waals surface area (Å²) in [5.74, 6) is 0.165. The highest BCUT2D eigenvalue weighted by Crippen LogP contribution is 2.24. The van der Waals surface area contributed by atoms with Crippen molar-refractivity contribution in [3.05, 3.63) is 53.6 Å². The highest BCUT2D eigenvalue weighted by Gasteiger charge is 2.22. The molecule has 1 amide bonds. The van der Waals surface area contributed by atoms with Gasteiger partial charge in [0.15, 0.2) is 0 Å². The van der Waals surface area contributed by atoms with E-state index in [2.05, 4.69) is 85.3 Å². The molecule has 0 spiro atoms. The lowest BCUT2D eigenvalue weighted by atomic mass is 10.1. The number of amides is 1. The lowest BCUT2D eigenvalue weighted by Gasteiger charge is -2.37. The third kappa shape index (κ3) is 5.03. The number of hydrogen-bond donors (Lipinski definition) is 1. The third-order valence-corrected chi connectivity index (χ3v) is 5.99. The van der Waals surface area contributed by atoms with Crippen LogP contribution in [0.15, 0.2) is 42.5 Å². The number of piperazine rings is 1. The van der Waals surface area contributed by atoms with Gasteiger partial charge < -0.3 is 20.0 Å². The zero-order chi connectivity index (χ0) is 20.8. The van der Waals surface area contributed by atoms with Gasteiger partial charge in [0.2, 0.25) is 5.91 Å². The summed E-state index contributed by atoms with van der Waals surface area (Å²) in [4.78, 5) is 19.3. The minimum absolute atomic E-state index is 0.165. The Kier molecular flexibility index (Phi) is 7.02. The summed E-state index contributed by atoms with van der Waals surface area (Å²) < 4.78 is 0. The van der Waals surface area contributed by atoms with E-state index in [4.69, 9.17) is 0 Å². The van der Waals surface area contributed by atoms with Crippen LogP contribution in [-0.4, -0.2) is 56.6 Å². The number of nitrogens with zero attached hydrogens (tertiary/aromatic N) is 3. The van der Waals surface area contributed by atoms with Crippen LogP contribution in [-0.2, 0) is 4.79 Å². The molecule has 1 heterocycles. The molecular weight excluding hydrogens is 360 g/mol. The Morgan fingerprint density at radius 1 is 0.966 bits per heavy atom. The molecule has 29 heavy (non-hydrogen) atoms. The van der Waals surface area contributed by atoms with Crippen molar-refractivity contribution >= 4 is 23.0 Å². The molecule has 2 aromatic rings. The molecule has 0 unspecified atom stereocenters. The Balaban J connectivity index is 1.49. The molecule has 156 valence electrons. The highest BCUT2D eigenvalue weighted by molar-refractivity contribution is 5.81. The summed E-state index contributed by atoms with van der Waals surface area (Å²) in [6, 6.07) is 14.8. The number of hydrogen-bond acceptors (Lipinski definition) is 4. The Morgan fingerprint density at radius 3 is 2.24 bits per heavy atom. The first-order valence-corrected chi connectivity index (χ1v) is 10.7. The van der Waals surface area contributed by atoms with Gasteiger partial charge in [-0.05, 0) is 69.2 Å². The molecule has 3 rings (SSSR count). The van der Waals surface area contributed by atoms with Crippen molar-refractivity contribution in [3.8, 4) is 0 Å². The zero-order valence-corrected chi connectivity index (χ0v) is 18.2. The maximum atomic E-state index is 12.6. The fourth-order valence-electron chi connectivity index (χ4n) is 3.94. The topological polar surface area (TPSA) is 38.8 Å². The largest absolute Gasteiger partial charge is 0.376 e. The standard InChI is InChI=1S/C24H34N4O/c1-5-26(6-2)22-12-10-21(11-13-22)25-18-24(29)28-16-14-27(15-17-28)23-9-7-8-19(3)20(23)4/h7-13,25H,5-6,14-18H2,1-4H3. The van der Waals surface area contributed by atoms with Gasteiger partial charge in [0.1, 0.15) is 0 Å². The number of benzene rings is 2. The van der Waals surface area contributed by atoms with E-state index in [9.17, 15) is 4.79 Å². The van der Waals surface area contributed by atoms with Crippen molar-refractivity contribution in [2.24, 2.45) is 0 Å². The molecule has 2 aromatic carbocycles. The molecular formula is C24H34N4O. The smallest absolute Gasteiger partial charge is 0.241 e. The number of aryl methyl sites for hydroxylation is 1. The van der Waals surface area contributed by atoms with E-state index in [1.54, 1.807) is 0 Å². The van der Waals surface area contributed by atoms with Crippen LogP contribution in [0.5, 0.6) is 0 Å². The lowest BCUT2D eigenvalue weighted by molar-refractivity contribution is -0.129. The van der Waals surface area contributed by atoms with Crippen LogP contribution < -0.4 is 15.1 Å². The minimum Gasteiger partial charge on any atom is -0.376 e. The molecule has 0 radical (unpaired) electrons. The second-order valence-corrected chi connectivity index (χ2v) is 7.66. The molecule has 0 aromatic heterocycles. The molecule has 1 fully saturated rings. The van der Waals surface area contributed by atoms with Crippen LogP contribution >= 0.6 is 0 Å². The molecule has 0 bridgehead atoms. The predicted molar refractivity (Wildman–Crippen MR) is 123 cm³/mol. The molecule has 5 nitrogen and oxygen atoms in total. The van der Waals surface area contributed by atoms with Crippen LogP contribution in [0.4, 0.5) is 17.1 Å². The van der Waals surface area contributed by atoms with E-state index in [0.29, 0.717) is 6.54 Å². The normalized spacial score (nSPS) is 14.1. The Morgan fingerprint density at radius 2 is 1.62 bits per heavy atom. The first kappa shape index (κ1) is 21.0. The predicted octanol–water partition coefficient (Wildman–Crippen LogP) is 3.91. The molecule has 0 saturated carbocycles. The van der Waals surface area contributed by atoms with E-state index >= 15 is 0 Å². The van der Waals surface area contributed by atoms with Crippen molar-refractivity contribution in [3.63, 3.8) is 0 Å². The first-order valence-electron chi connectivity index (χ1n) is 10.7. The molecule has 1 saturated heterocycles. The number of carbonyl (C=O) groups excluding carboxylic acids is 1. The first-order chi connectivity index (χ1) is 14.0. The molecule has 0 atom stereocenters. The van der Waals surface area contributed by atoms with E-state index in [-0.39, 0.29) is 5.91 Å². The van der Waals surface area contributed by atoms with Gasteiger partial charge in [0.25, 0.3) is 0 Å². The second kappa shape index (κ2) is 9.68.